The van der Waals surface area contributed by atoms with Gasteiger partial charge in [0.15, 0.2) is 18.2 Å². The zero-order valence-electron chi connectivity index (χ0n) is 17.4. The van der Waals surface area contributed by atoms with Gasteiger partial charge < -0.3 is 9.64 Å². The number of hydrogen-bond donors (Lipinski definition) is 0. The van der Waals surface area contributed by atoms with Gasteiger partial charge in [-0.15, -0.1) is 0 Å². The second-order valence-corrected chi connectivity index (χ2v) is 9.44. The number of halogens is 2. The van der Waals surface area contributed by atoms with Gasteiger partial charge in [-0.1, -0.05) is 30.3 Å². The highest BCUT2D eigenvalue weighted by Crippen LogP contribution is 2.23. The normalized spacial score (nSPS) is 14.9. The third-order valence-corrected chi connectivity index (χ3v) is 7.33. The maximum atomic E-state index is 13.3. The first-order valence-electron chi connectivity index (χ1n) is 10.1. The molecule has 1 fully saturated rings. The number of carbonyl (C=O) groups is 2. The Labute approximate surface area is 189 Å². The molecule has 0 bridgehead atoms. The van der Waals surface area contributed by atoms with Gasteiger partial charge in [-0.25, -0.2) is 22.0 Å². The van der Waals surface area contributed by atoms with E-state index in [1.807, 2.05) is 24.3 Å². The number of piperazine rings is 1. The quantitative estimate of drug-likeness (QED) is 0.531. The van der Waals surface area contributed by atoms with E-state index in [-0.39, 0.29) is 36.6 Å². The Hall–Kier alpha value is -3.37. The van der Waals surface area contributed by atoms with Crippen molar-refractivity contribution in [3.8, 4) is 0 Å². The number of esters is 1. The van der Waals surface area contributed by atoms with Crippen molar-refractivity contribution in [1.82, 2.24) is 9.21 Å². The standard InChI is InChI=1S/C23H20F2N2O5S/c24-20-8-6-18(14-21(20)25)23(29)32-15-22(28)26-9-11-27(12-10-26)33(30,31)19-7-5-16-3-1-2-4-17(16)13-19/h1-8,13-14H,9-12,15H2. The van der Waals surface area contributed by atoms with E-state index in [9.17, 15) is 26.8 Å². The van der Waals surface area contributed by atoms with Crippen molar-refractivity contribution in [2.45, 2.75) is 4.90 Å². The molecule has 1 aliphatic heterocycles. The average Bonchev–Trinajstić information content (AvgIpc) is 2.83. The first-order chi connectivity index (χ1) is 15.8. The Bertz CT molecular complexity index is 1320. The Balaban J connectivity index is 1.34. The molecule has 1 aliphatic rings. The topological polar surface area (TPSA) is 84.0 Å². The number of sulfonamides is 1. The molecule has 0 saturated carbocycles. The average molecular weight is 474 g/mol. The van der Waals surface area contributed by atoms with Gasteiger partial charge in [-0.3, -0.25) is 4.79 Å². The van der Waals surface area contributed by atoms with Crippen LogP contribution in [0.5, 0.6) is 0 Å². The summed E-state index contributed by atoms with van der Waals surface area (Å²) in [4.78, 5) is 25.9. The summed E-state index contributed by atoms with van der Waals surface area (Å²) >= 11 is 0. The predicted octanol–water partition coefficient (Wildman–Crippen LogP) is 2.81. The molecular formula is C23H20F2N2O5S. The van der Waals surface area contributed by atoms with Crippen LogP contribution in [0.3, 0.4) is 0 Å². The zero-order chi connectivity index (χ0) is 23.6. The molecule has 1 heterocycles. The lowest BCUT2D eigenvalue weighted by Gasteiger charge is -2.33. The van der Waals surface area contributed by atoms with Crippen molar-refractivity contribution in [3.05, 3.63) is 77.9 Å². The lowest BCUT2D eigenvalue weighted by atomic mass is 10.1. The predicted molar refractivity (Wildman–Crippen MR) is 116 cm³/mol. The van der Waals surface area contributed by atoms with Crippen LogP contribution in [-0.2, 0) is 19.6 Å². The molecule has 4 rings (SSSR count). The Kier molecular flexibility index (Phi) is 6.39. The number of hydrogen-bond acceptors (Lipinski definition) is 5. The van der Waals surface area contributed by atoms with E-state index in [1.54, 1.807) is 18.2 Å². The number of benzene rings is 3. The van der Waals surface area contributed by atoms with E-state index in [0.717, 1.165) is 22.9 Å². The van der Waals surface area contributed by atoms with Gasteiger partial charge in [-0.05, 0) is 41.1 Å². The molecule has 172 valence electrons. The van der Waals surface area contributed by atoms with E-state index < -0.39 is 40.1 Å². The van der Waals surface area contributed by atoms with Crippen LogP contribution in [0.4, 0.5) is 8.78 Å². The van der Waals surface area contributed by atoms with Gasteiger partial charge in [0.25, 0.3) is 5.91 Å². The molecule has 0 aliphatic carbocycles. The number of fused-ring (bicyclic) bond motifs is 1. The lowest BCUT2D eigenvalue weighted by Crippen LogP contribution is -2.51. The highest BCUT2D eigenvalue weighted by Gasteiger charge is 2.30. The van der Waals surface area contributed by atoms with Crippen LogP contribution in [0.2, 0.25) is 0 Å². The molecule has 3 aromatic carbocycles. The van der Waals surface area contributed by atoms with Crippen molar-refractivity contribution >= 4 is 32.7 Å². The minimum Gasteiger partial charge on any atom is -0.452 e. The molecule has 0 radical (unpaired) electrons. The molecule has 7 nitrogen and oxygen atoms in total. The largest absolute Gasteiger partial charge is 0.452 e. The minimum absolute atomic E-state index is 0.0953. The lowest BCUT2D eigenvalue weighted by molar-refractivity contribution is -0.135. The molecule has 0 spiro atoms. The summed E-state index contributed by atoms with van der Waals surface area (Å²) in [5, 5.41) is 1.75. The van der Waals surface area contributed by atoms with Crippen LogP contribution in [-0.4, -0.2) is 62.3 Å². The van der Waals surface area contributed by atoms with E-state index in [0.29, 0.717) is 6.07 Å². The molecule has 10 heteroatoms. The number of nitrogens with zero attached hydrogens (tertiary/aromatic N) is 2. The first-order valence-corrected chi connectivity index (χ1v) is 11.6. The summed E-state index contributed by atoms with van der Waals surface area (Å²) in [7, 11) is -3.73. The molecule has 0 atom stereocenters. The van der Waals surface area contributed by atoms with Crippen molar-refractivity contribution in [2.24, 2.45) is 0 Å². The molecule has 0 unspecified atom stereocenters. The third kappa shape index (κ3) is 4.86. The van der Waals surface area contributed by atoms with Crippen LogP contribution in [0.1, 0.15) is 10.4 Å². The summed E-state index contributed by atoms with van der Waals surface area (Å²) < 4.78 is 58.5. The van der Waals surface area contributed by atoms with Crippen molar-refractivity contribution in [3.63, 3.8) is 0 Å². The summed E-state index contributed by atoms with van der Waals surface area (Å²) in [5.41, 5.74) is -0.215. The number of ether oxygens (including phenoxy) is 1. The van der Waals surface area contributed by atoms with Crippen molar-refractivity contribution < 1.29 is 31.5 Å². The van der Waals surface area contributed by atoms with Gasteiger partial charge in [0.2, 0.25) is 10.0 Å². The molecule has 0 N–H and O–H groups in total. The van der Waals surface area contributed by atoms with Gasteiger partial charge in [0, 0.05) is 26.2 Å². The van der Waals surface area contributed by atoms with Crippen LogP contribution < -0.4 is 0 Å². The fourth-order valence-corrected chi connectivity index (χ4v) is 5.04. The fourth-order valence-electron chi connectivity index (χ4n) is 3.58. The summed E-state index contributed by atoms with van der Waals surface area (Å²) in [5.74, 6) is -3.76. The molecule has 1 amide bonds. The maximum absolute atomic E-state index is 13.3. The van der Waals surface area contributed by atoms with Crippen LogP contribution >= 0.6 is 0 Å². The van der Waals surface area contributed by atoms with E-state index in [2.05, 4.69) is 0 Å². The number of carbonyl (C=O) groups excluding carboxylic acids is 2. The molecule has 0 aromatic heterocycles. The zero-order valence-corrected chi connectivity index (χ0v) is 18.2. The summed E-state index contributed by atoms with van der Waals surface area (Å²) in [6.45, 7) is -0.131. The molecule has 3 aromatic rings. The SMILES string of the molecule is O=C(OCC(=O)N1CCN(S(=O)(=O)c2ccc3ccccc3c2)CC1)c1ccc(F)c(F)c1. The van der Waals surface area contributed by atoms with E-state index >= 15 is 0 Å². The number of rotatable bonds is 5. The van der Waals surface area contributed by atoms with Crippen LogP contribution in [0, 0.1) is 11.6 Å². The maximum Gasteiger partial charge on any atom is 0.338 e. The van der Waals surface area contributed by atoms with Gasteiger partial charge in [0.1, 0.15) is 0 Å². The second kappa shape index (κ2) is 9.24. The Morgan fingerprint density at radius 3 is 2.24 bits per heavy atom. The number of amides is 1. The summed E-state index contributed by atoms with van der Waals surface area (Å²) in [6.07, 6.45) is 0. The van der Waals surface area contributed by atoms with Gasteiger partial charge in [-0.2, -0.15) is 4.31 Å². The van der Waals surface area contributed by atoms with Crippen molar-refractivity contribution in [2.75, 3.05) is 32.8 Å². The second-order valence-electron chi connectivity index (χ2n) is 7.50. The van der Waals surface area contributed by atoms with Crippen molar-refractivity contribution in [1.29, 1.82) is 0 Å². The molecule has 33 heavy (non-hydrogen) atoms. The van der Waals surface area contributed by atoms with Gasteiger partial charge >= 0.3 is 5.97 Å². The minimum atomic E-state index is -3.73. The third-order valence-electron chi connectivity index (χ3n) is 5.43. The Morgan fingerprint density at radius 2 is 1.55 bits per heavy atom. The van der Waals surface area contributed by atoms with Crippen LogP contribution in [0.25, 0.3) is 10.8 Å². The molecular weight excluding hydrogens is 454 g/mol. The highest BCUT2D eigenvalue weighted by atomic mass is 32.2. The first kappa shape index (κ1) is 22.8. The van der Waals surface area contributed by atoms with Gasteiger partial charge in [0.05, 0.1) is 10.5 Å². The smallest absolute Gasteiger partial charge is 0.338 e. The summed E-state index contributed by atoms with van der Waals surface area (Å²) in [6, 6.07) is 14.9. The molecule has 1 saturated heterocycles. The fraction of sp³-hybridized carbons (Fsp3) is 0.217. The highest BCUT2D eigenvalue weighted by molar-refractivity contribution is 7.89. The van der Waals surface area contributed by atoms with E-state index in [1.165, 1.54) is 9.21 Å². The van der Waals surface area contributed by atoms with Crippen LogP contribution in [0.15, 0.2) is 65.6 Å². The van der Waals surface area contributed by atoms with E-state index in [4.69, 9.17) is 4.74 Å². The Morgan fingerprint density at radius 1 is 0.848 bits per heavy atom. The monoisotopic (exact) mass is 474 g/mol.